The Balaban J connectivity index is 0.00000220. The van der Waals surface area contributed by atoms with Crippen molar-refractivity contribution >= 4 is 39.9 Å². The SMILES string of the molecule is Cl.NC1CCCC1C(=O)Nc1ccc(Br)c(C(F)(F)F)c1. The van der Waals surface area contributed by atoms with Gasteiger partial charge in [-0.2, -0.15) is 13.2 Å². The van der Waals surface area contributed by atoms with Gasteiger partial charge < -0.3 is 11.1 Å². The van der Waals surface area contributed by atoms with Gasteiger partial charge in [0.1, 0.15) is 0 Å². The Morgan fingerprint density at radius 1 is 1.33 bits per heavy atom. The molecule has 3 N–H and O–H groups in total. The first-order chi connectivity index (χ1) is 9.29. The van der Waals surface area contributed by atoms with Crippen LogP contribution in [0.5, 0.6) is 0 Å². The predicted octanol–water partition coefficient (Wildman–Crippen LogP) is 3.96. The van der Waals surface area contributed by atoms with Gasteiger partial charge in [0.15, 0.2) is 0 Å². The number of anilines is 1. The summed E-state index contributed by atoms with van der Waals surface area (Å²) in [5.74, 6) is -0.640. The monoisotopic (exact) mass is 386 g/mol. The molecule has 2 unspecified atom stereocenters. The van der Waals surface area contributed by atoms with E-state index < -0.39 is 11.7 Å². The minimum Gasteiger partial charge on any atom is -0.327 e. The number of nitrogens with two attached hydrogens (primary N) is 1. The molecule has 0 spiro atoms. The zero-order valence-corrected chi connectivity index (χ0v) is 13.3. The minimum atomic E-state index is -4.47. The van der Waals surface area contributed by atoms with E-state index in [2.05, 4.69) is 21.2 Å². The fraction of sp³-hybridized carbons (Fsp3) is 0.462. The lowest BCUT2D eigenvalue weighted by Gasteiger charge is -2.16. The van der Waals surface area contributed by atoms with Gasteiger partial charge in [-0.05, 0) is 31.0 Å². The summed E-state index contributed by atoms with van der Waals surface area (Å²) in [7, 11) is 0. The number of rotatable bonds is 2. The van der Waals surface area contributed by atoms with Crippen LogP contribution >= 0.6 is 28.3 Å². The van der Waals surface area contributed by atoms with Crippen molar-refractivity contribution in [2.75, 3.05) is 5.32 Å². The van der Waals surface area contributed by atoms with Crippen molar-refractivity contribution in [1.82, 2.24) is 0 Å². The molecule has 1 aliphatic carbocycles. The van der Waals surface area contributed by atoms with Crippen LogP contribution in [0.1, 0.15) is 24.8 Å². The van der Waals surface area contributed by atoms with E-state index >= 15 is 0 Å². The maximum Gasteiger partial charge on any atom is 0.417 e. The Kier molecular flexibility index (Phi) is 6.07. The topological polar surface area (TPSA) is 55.1 Å². The largest absolute Gasteiger partial charge is 0.417 e. The molecule has 0 heterocycles. The highest BCUT2D eigenvalue weighted by molar-refractivity contribution is 9.10. The van der Waals surface area contributed by atoms with Crippen molar-refractivity contribution in [2.45, 2.75) is 31.5 Å². The Hall–Kier alpha value is -0.790. The molecule has 118 valence electrons. The molecule has 2 rings (SSSR count). The molecule has 1 aliphatic rings. The van der Waals surface area contributed by atoms with Crippen LogP contribution in [0, 0.1) is 5.92 Å². The lowest BCUT2D eigenvalue weighted by atomic mass is 10.0. The van der Waals surface area contributed by atoms with Crippen LogP contribution < -0.4 is 11.1 Å². The van der Waals surface area contributed by atoms with Crippen molar-refractivity contribution in [3.05, 3.63) is 28.2 Å². The molecular formula is C13H15BrClF3N2O. The number of carbonyl (C=O) groups is 1. The van der Waals surface area contributed by atoms with E-state index in [4.69, 9.17) is 5.73 Å². The first-order valence-corrected chi connectivity index (χ1v) is 7.01. The molecule has 0 bridgehead atoms. The Morgan fingerprint density at radius 3 is 2.52 bits per heavy atom. The number of halogens is 5. The highest BCUT2D eigenvalue weighted by Crippen LogP contribution is 2.36. The second-order valence-corrected chi connectivity index (χ2v) is 5.74. The van der Waals surface area contributed by atoms with Gasteiger partial charge in [-0.25, -0.2) is 0 Å². The molecule has 1 fully saturated rings. The number of hydrogen-bond donors (Lipinski definition) is 2. The number of benzene rings is 1. The summed E-state index contributed by atoms with van der Waals surface area (Å²) in [4.78, 5) is 12.0. The number of nitrogens with one attached hydrogen (secondary N) is 1. The number of amides is 1. The summed E-state index contributed by atoms with van der Waals surface area (Å²) in [6.45, 7) is 0. The average molecular weight is 388 g/mol. The minimum absolute atomic E-state index is 0. The van der Waals surface area contributed by atoms with Gasteiger partial charge in [0.2, 0.25) is 5.91 Å². The van der Waals surface area contributed by atoms with Gasteiger partial charge in [-0.1, -0.05) is 22.4 Å². The van der Waals surface area contributed by atoms with E-state index in [0.29, 0.717) is 6.42 Å². The number of carbonyl (C=O) groups excluding carboxylic acids is 1. The summed E-state index contributed by atoms with van der Waals surface area (Å²) in [6.07, 6.45) is -2.15. The highest BCUT2D eigenvalue weighted by atomic mass is 79.9. The maximum absolute atomic E-state index is 12.8. The quantitative estimate of drug-likeness (QED) is 0.807. The molecule has 2 atom stereocenters. The molecule has 3 nitrogen and oxygen atoms in total. The molecule has 0 radical (unpaired) electrons. The Labute approximate surface area is 135 Å². The van der Waals surface area contributed by atoms with Crippen LogP contribution in [-0.2, 0) is 11.0 Å². The smallest absolute Gasteiger partial charge is 0.327 e. The zero-order valence-electron chi connectivity index (χ0n) is 10.9. The molecule has 0 saturated heterocycles. The van der Waals surface area contributed by atoms with E-state index in [-0.39, 0.29) is 40.4 Å². The molecule has 0 aliphatic heterocycles. The lowest BCUT2D eigenvalue weighted by Crippen LogP contribution is -2.34. The molecule has 0 aromatic heterocycles. The molecule has 1 saturated carbocycles. The van der Waals surface area contributed by atoms with Gasteiger partial charge in [0.25, 0.3) is 0 Å². The predicted molar refractivity (Wildman–Crippen MR) is 80.3 cm³/mol. The number of alkyl halides is 3. The van der Waals surface area contributed by atoms with E-state index in [1.54, 1.807) is 0 Å². The molecule has 21 heavy (non-hydrogen) atoms. The van der Waals surface area contributed by atoms with Crippen molar-refractivity contribution < 1.29 is 18.0 Å². The van der Waals surface area contributed by atoms with Crippen LogP contribution in [0.25, 0.3) is 0 Å². The van der Waals surface area contributed by atoms with E-state index in [9.17, 15) is 18.0 Å². The molecule has 1 aromatic rings. The zero-order chi connectivity index (χ0) is 14.9. The van der Waals surface area contributed by atoms with E-state index in [1.165, 1.54) is 12.1 Å². The van der Waals surface area contributed by atoms with Crippen molar-refractivity contribution in [3.63, 3.8) is 0 Å². The van der Waals surface area contributed by atoms with Gasteiger partial charge in [0, 0.05) is 16.2 Å². The standard InChI is InChI=1S/C13H14BrF3N2O.ClH/c14-10-5-4-7(6-9(10)13(15,16)17)19-12(20)8-2-1-3-11(8)18;/h4-6,8,11H,1-3,18H2,(H,19,20);1H. The van der Waals surface area contributed by atoms with Crippen LogP contribution in [0.2, 0.25) is 0 Å². The maximum atomic E-state index is 12.8. The summed E-state index contributed by atoms with van der Waals surface area (Å²) >= 11 is 2.86. The Morgan fingerprint density at radius 2 is 2.00 bits per heavy atom. The summed E-state index contributed by atoms with van der Waals surface area (Å²) in [5.41, 5.74) is 5.12. The van der Waals surface area contributed by atoms with E-state index in [0.717, 1.165) is 18.9 Å². The van der Waals surface area contributed by atoms with Gasteiger partial charge >= 0.3 is 6.18 Å². The molecule has 1 amide bonds. The third kappa shape index (κ3) is 4.34. The second kappa shape index (κ2) is 6.98. The molecule has 1 aromatic carbocycles. The van der Waals surface area contributed by atoms with E-state index in [1.807, 2.05) is 0 Å². The lowest BCUT2D eigenvalue weighted by molar-refractivity contribution is -0.138. The normalized spacial score (nSPS) is 21.8. The molecular weight excluding hydrogens is 373 g/mol. The van der Waals surface area contributed by atoms with Crippen molar-refractivity contribution in [2.24, 2.45) is 11.7 Å². The first kappa shape index (κ1) is 18.3. The fourth-order valence-corrected chi connectivity index (χ4v) is 2.84. The highest BCUT2D eigenvalue weighted by Gasteiger charge is 2.34. The third-order valence-electron chi connectivity index (χ3n) is 3.45. The fourth-order valence-electron chi connectivity index (χ4n) is 2.37. The molecule has 8 heteroatoms. The van der Waals surface area contributed by atoms with Gasteiger partial charge in [-0.15, -0.1) is 12.4 Å². The van der Waals surface area contributed by atoms with Crippen LogP contribution in [0.4, 0.5) is 18.9 Å². The Bertz CT molecular complexity index is 525. The van der Waals surface area contributed by atoms with Crippen molar-refractivity contribution in [3.8, 4) is 0 Å². The summed E-state index contributed by atoms with van der Waals surface area (Å²) in [6, 6.07) is 3.40. The van der Waals surface area contributed by atoms with Gasteiger partial charge in [0.05, 0.1) is 11.5 Å². The first-order valence-electron chi connectivity index (χ1n) is 6.22. The second-order valence-electron chi connectivity index (χ2n) is 4.88. The third-order valence-corrected chi connectivity index (χ3v) is 4.14. The van der Waals surface area contributed by atoms with Crippen molar-refractivity contribution in [1.29, 1.82) is 0 Å². The van der Waals surface area contributed by atoms with Gasteiger partial charge in [-0.3, -0.25) is 4.79 Å². The average Bonchev–Trinajstić information content (AvgIpc) is 2.76. The summed E-state index contributed by atoms with van der Waals surface area (Å²) in [5, 5.41) is 2.51. The number of hydrogen-bond acceptors (Lipinski definition) is 2. The van der Waals surface area contributed by atoms with Crippen LogP contribution in [0.3, 0.4) is 0 Å². The van der Waals surface area contributed by atoms with Crippen LogP contribution in [-0.4, -0.2) is 11.9 Å². The summed E-state index contributed by atoms with van der Waals surface area (Å²) < 4.78 is 38.2. The van der Waals surface area contributed by atoms with Crippen LogP contribution in [0.15, 0.2) is 22.7 Å².